The Hall–Kier alpha value is -2.68. The van der Waals surface area contributed by atoms with Gasteiger partial charge in [-0.1, -0.05) is 24.3 Å². The highest BCUT2D eigenvalue weighted by Crippen LogP contribution is 2.29. The minimum absolute atomic E-state index is 0.667. The third-order valence-electron chi connectivity index (χ3n) is 3.20. The standard InChI is InChI=1S/C16H10N2O/c1-2-7-15-12(5-1)13-9-11(10-18-16(13)19-15)14-6-3-4-8-17-14/h1-10H. The Labute approximate surface area is 109 Å². The highest BCUT2D eigenvalue weighted by molar-refractivity contribution is 6.04. The first-order chi connectivity index (χ1) is 9.42. The molecule has 0 spiro atoms. The Morgan fingerprint density at radius 1 is 0.842 bits per heavy atom. The van der Waals surface area contributed by atoms with Crippen molar-refractivity contribution in [1.29, 1.82) is 0 Å². The summed E-state index contributed by atoms with van der Waals surface area (Å²) in [5.41, 5.74) is 3.45. The van der Waals surface area contributed by atoms with Crippen LogP contribution in [0.1, 0.15) is 0 Å². The van der Waals surface area contributed by atoms with E-state index in [1.807, 2.05) is 42.5 Å². The fraction of sp³-hybridized carbons (Fsp3) is 0. The second-order valence-electron chi connectivity index (χ2n) is 4.39. The molecule has 3 aromatic heterocycles. The van der Waals surface area contributed by atoms with Gasteiger partial charge in [-0.05, 0) is 24.3 Å². The number of hydrogen-bond donors (Lipinski definition) is 0. The Morgan fingerprint density at radius 2 is 1.74 bits per heavy atom. The minimum Gasteiger partial charge on any atom is -0.438 e. The summed E-state index contributed by atoms with van der Waals surface area (Å²) in [5.74, 6) is 0. The average Bonchev–Trinajstić information content (AvgIpc) is 2.86. The van der Waals surface area contributed by atoms with E-state index in [-0.39, 0.29) is 0 Å². The molecule has 0 fully saturated rings. The molecule has 0 aliphatic heterocycles. The van der Waals surface area contributed by atoms with Crippen LogP contribution in [0.4, 0.5) is 0 Å². The van der Waals surface area contributed by atoms with Crippen LogP contribution in [0.5, 0.6) is 0 Å². The van der Waals surface area contributed by atoms with Crippen LogP contribution in [0.2, 0.25) is 0 Å². The van der Waals surface area contributed by atoms with Crippen LogP contribution < -0.4 is 0 Å². The molecule has 0 aliphatic rings. The number of pyridine rings is 2. The molecule has 3 heteroatoms. The van der Waals surface area contributed by atoms with Crippen molar-refractivity contribution in [2.75, 3.05) is 0 Å². The van der Waals surface area contributed by atoms with E-state index in [0.29, 0.717) is 5.71 Å². The number of para-hydroxylation sites is 1. The SMILES string of the molecule is c1ccc(-c2cnc3oc4ccccc4c3c2)nc1. The van der Waals surface area contributed by atoms with Gasteiger partial charge in [0.25, 0.3) is 0 Å². The van der Waals surface area contributed by atoms with Crippen molar-refractivity contribution in [3.8, 4) is 11.3 Å². The van der Waals surface area contributed by atoms with Crippen molar-refractivity contribution < 1.29 is 4.42 Å². The van der Waals surface area contributed by atoms with Gasteiger partial charge < -0.3 is 4.42 Å². The topological polar surface area (TPSA) is 38.9 Å². The Morgan fingerprint density at radius 3 is 2.63 bits per heavy atom. The molecule has 0 N–H and O–H groups in total. The maximum Gasteiger partial charge on any atom is 0.227 e. The number of aromatic nitrogens is 2. The van der Waals surface area contributed by atoms with E-state index < -0.39 is 0 Å². The number of rotatable bonds is 1. The van der Waals surface area contributed by atoms with Crippen molar-refractivity contribution in [2.24, 2.45) is 0 Å². The smallest absolute Gasteiger partial charge is 0.227 e. The molecule has 3 heterocycles. The molecule has 3 nitrogen and oxygen atoms in total. The molecule has 0 atom stereocenters. The summed E-state index contributed by atoms with van der Waals surface area (Å²) in [5, 5.41) is 2.11. The number of fused-ring (bicyclic) bond motifs is 3. The van der Waals surface area contributed by atoms with E-state index in [1.165, 1.54) is 0 Å². The maximum absolute atomic E-state index is 5.71. The summed E-state index contributed by atoms with van der Waals surface area (Å²) in [7, 11) is 0. The van der Waals surface area contributed by atoms with Gasteiger partial charge in [0.15, 0.2) is 0 Å². The van der Waals surface area contributed by atoms with Gasteiger partial charge in [-0.2, -0.15) is 0 Å². The third-order valence-corrected chi connectivity index (χ3v) is 3.20. The second kappa shape index (κ2) is 3.92. The molecule has 0 bridgehead atoms. The number of benzene rings is 1. The Balaban J connectivity index is 2.03. The Kier molecular flexibility index (Phi) is 2.12. The van der Waals surface area contributed by atoms with Gasteiger partial charge in [-0.15, -0.1) is 0 Å². The summed E-state index contributed by atoms with van der Waals surface area (Å²) in [6, 6.07) is 15.9. The second-order valence-corrected chi connectivity index (χ2v) is 4.39. The highest BCUT2D eigenvalue weighted by Gasteiger charge is 2.09. The lowest BCUT2D eigenvalue weighted by Gasteiger charge is -1.99. The third kappa shape index (κ3) is 1.59. The molecule has 4 rings (SSSR count). The van der Waals surface area contributed by atoms with E-state index in [9.17, 15) is 0 Å². The zero-order chi connectivity index (χ0) is 12.7. The predicted octanol–water partition coefficient (Wildman–Crippen LogP) is 4.04. The first-order valence-electron chi connectivity index (χ1n) is 6.10. The largest absolute Gasteiger partial charge is 0.438 e. The van der Waals surface area contributed by atoms with E-state index >= 15 is 0 Å². The minimum atomic E-state index is 0.667. The van der Waals surface area contributed by atoms with Crippen molar-refractivity contribution in [3.05, 3.63) is 60.9 Å². The molecule has 19 heavy (non-hydrogen) atoms. The maximum atomic E-state index is 5.71. The quantitative estimate of drug-likeness (QED) is 0.508. The normalized spacial score (nSPS) is 11.2. The average molecular weight is 246 g/mol. The lowest BCUT2D eigenvalue weighted by atomic mass is 10.1. The van der Waals surface area contributed by atoms with Gasteiger partial charge in [0.1, 0.15) is 5.58 Å². The van der Waals surface area contributed by atoms with Crippen LogP contribution >= 0.6 is 0 Å². The van der Waals surface area contributed by atoms with Crippen LogP contribution in [0.3, 0.4) is 0 Å². The van der Waals surface area contributed by atoms with Gasteiger partial charge >= 0.3 is 0 Å². The van der Waals surface area contributed by atoms with Gasteiger partial charge in [0.05, 0.1) is 5.69 Å². The van der Waals surface area contributed by atoms with E-state index in [4.69, 9.17) is 4.42 Å². The molecule has 0 aliphatic carbocycles. The molecular formula is C16H10N2O. The van der Waals surface area contributed by atoms with E-state index in [0.717, 1.165) is 27.6 Å². The zero-order valence-corrected chi connectivity index (χ0v) is 10.1. The molecule has 0 unspecified atom stereocenters. The lowest BCUT2D eigenvalue weighted by molar-refractivity contribution is 0.654. The first-order valence-corrected chi connectivity index (χ1v) is 6.10. The Bertz CT molecular complexity index is 866. The van der Waals surface area contributed by atoms with Gasteiger partial charge in [0, 0.05) is 28.7 Å². The van der Waals surface area contributed by atoms with Crippen molar-refractivity contribution in [3.63, 3.8) is 0 Å². The summed E-state index contributed by atoms with van der Waals surface area (Å²) >= 11 is 0. The molecule has 4 aromatic rings. The van der Waals surface area contributed by atoms with Crippen molar-refractivity contribution in [1.82, 2.24) is 9.97 Å². The molecule has 0 saturated carbocycles. The van der Waals surface area contributed by atoms with Crippen LogP contribution in [0, 0.1) is 0 Å². The predicted molar refractivity (Wildman–Crippen MR) is 74.7 cm³/mol. The molecular weight excluding hydrogens is 236 g/mol. The molecule has 0 saturated heterocycles. The monoisotopic (exact) mass is 246 g/mol. The van der Waals surface area contributed by atoms with Crippen molar-refractivity contribution >= 4 is 22.1 Å². The lowest BCUT2D eigenvalue weighted by Crippen LogP contribution is -1.83. The summed E-state index contributed by atoms with van der Waals surface area (Å²) < 4.78 is 5.71. The first kappa shape index (κ1) is 10.3. The molecule has 0 radical (unpaired) electrons. The van der Waals surface area contributed by atoms with E-state index in [1.54, 1.807) is 12.4 Å². The van der Waals surface area contributed by atoms with Gasteiger partial charge in [0.2, 0.25) is 5.71 Å². The van der Waals surface area contributed by atoms with Crippen LogP contribution in [0.25, 0.3) is 33.3 Å². The van der Waals surface area contributed by atoms with Gasteiger partial charge in [-0.3, -0.25) is 4.98 Å². The summed E-state index contributed by atoms with van der Waals surface area (Å²) in [6.07, 6.45) is 3.58. The summed E-state index contributed by atoms with van der Waals surface area (Å²) in [4.78, 5) is 8.74. The van der Waals surface area contributed by atoms with Crippen LogP contribution in [-0.4, -0.2) is 9.97 Å². The number of nitrogens with zero attached hydrogens (tertiary/aromatic N) is 2. The van der Waals surface area contributed by atoms with E-state index in [2.05, 4.69) is 16.0 Å². The molecule has 0 amide bonds. The fourth-order valence-electron chi connectivity index (χ4n) is 2.28. The van der Waals surface area contributed by atoms with Crippen LogP contribution in [-0.2, 0) is 0 Å². The fourth-order valence-corrected chi connectivity index (χ4v) is 2.28. The zero-order valence-electron chi connectivity index (χ0n) is 10.1. The molecule has 1 aromatic carbocycles. The number of hydrogen-bond acceptors (Lipinski definition) is 3. The van der Waals surface area contributed by atoms with Gasteiger partial charge in [-0.25, -0.2) is 4.98 Å². The molecule has 90 valence electrons. The van der Waals surface area contributed by atoms with Crippen molar-refractivity contribution in [2.45, 2.75) is 0 Å². The summed E-state index contributed by atoms with van der Waals surface area (Å²) in [6.45, 7) is 0. The number of furan rings is 1. The highest BCUT2D eigenvalue weighted by atomic mass is 16.3. The van der Waals surface area contributed by atoms with Crippen LogP contribution in [0.15, 0.2) is 65.3 Å².